The Bertz CT molecular complexity index is 1880. The van der Waals surface area contributed by atoms with Crippen LogP contribution in [0.15, 0.2) is 101 Å². The van der Waals surface area contributed by atoms with Crippen LogP contribution in [0, 0.1) is 11.8 Å². The first-order valence-electron chi connectivity index (χ1n) is 17.0. The number of nitrogens with two attached hydrogens (primary N) is 2. The number of carbonyl (C=O) groups is 5. The molecule has 276 valence electrons. The molecule has 2 aromatic carbocycles. The van der Waals surface area contributed by atoms with E-state index in [-0.39, 0.29) is 41.3 Å². The van der Waals surface area contributed by atoms with Crippen molar-refractivity contribution in [3.8, 4) is 0 Å². The number of methoxy groups -OCH3 is 2. The van der Waals surface area contributed by atoms with Crippen LogP contribution in [-0.2, 0) is 28.6 Å². The summed E-state index contributed by atoms with van der Waals surface area (Å²) in [7, 11) is 2.87. The van der Waals surface area contributed by atoms with E-state index < -0.39 is 66.2 Å². The minimum Gasteiger partial charge on any atom is -0.439 e. The molecule has 1 heterocycles. The molecule has 4 rings (SSSR count). The number of Topliss-reactive ketones (excluding diaryl/α,β-unsaturated/α-hetero) is 2. The summed E-state index contributed by atoms with van der Waals surface area (Å²) < 4.78 is 16.7. The first-order valence-corrected chi connectivity index (χ1v) is 17.0. The number of allylic oxidation sites excluding steroid dienone is 4. The van der Waals surface area contributed by atoms with Gasteiger partial charge in [-0.25, -0.2) is 4.79 Å². The molecule has 0 saturated heterocycles. The van der Waals surface area contributed by atoms with Crippen LogP contribution < -0.4 is 11.5 Å². The number of benzene rings is 2. The van der Waals surface area contributed by atoms with Gasteiger partial charge in [-0.1, -0.05) is 80.6 Å². The van der Waals surface area contributed by atoms with Crippen molar-refractivity contribution in [2.45, 2.75) is 65.0 Å². The molecule has 2 aromatic rings. The Hall–Kier alpha value is -5.17. The van der Waals surface area contributed by atoms with E-state index in [1.54, 1.807) is 50.3 Å². The largest absolute Gasteiger partial charge is 0.439 e. The van der Waals surface area contributed by atoms with E-state index in [0.29, 0.717) is 16.5 Å². The highest BCUT2D eigenvalue weighted by Gasteiger charge is 2.36. The molecule has 2 aliphatic rings. The molecule has 0 spiro atoms. The number of ketones is 3. The molecule has 52 heavy (non-hydrogen) atoms. The van der Waals surface area contributed by atoms with Crippen LogP contribution in [0.3, 0.4) is 0 Å². The Labute approximate surface area is 303 Å². The maximum Gasteiger partial charge on any atom is 0.405 e. The van der Waals surface area contributed by atoms with Gasteiger partial charge >= 0.3 is 6.09 Å². The van der Waals surface area contributed by atoms with Crippen molar-refractivity contribution >= 4 is 40.1 Å². The van der Waals surface area contributed by atoms with Gasteiger partial charge < -0.3 is 30.8 Å². The summed E-state index contributed by atoms with van der Waals surface area (Å²) in [5, 5.41) is 12.8. The number of fused-ring (bicyclic) bond motifs is 3. The maximum atomic E-state index is 14.2. The number of rotatable bonds is 6. The van der Waals surface area contributed by atoms with Crippen LogP contribution >= 0.6 is 0 Å². The normalized spacial score (nSPS) is 28.1. The number of carbonyl (C=O) groups excluding carboxylic acids is 5. The summed E-state index contributed by atoms with van der Waals surface area (Å²) in [4.78, 5) is 68.7. The first kappa shape index (κ1) is 39.6. The lowest BCUT2D eigenvalue weighted by Crippen LogP contribution is -2.41. The zero-order chi connectivity index (χ0) is 38.3. The Balaban J connectivity index is 1.85. The van der Waals surface area contributed by atoms with Gasteiger partial charge in [0.05, 0.1) is 30.1 Å². The van der Waals surface area contributed by atoms with E-state index in [1.807, 2.05) is 25.1 Å². The van der Waals surface area contributed by atoms with Crippen LogP contribution in [0.25, 0.3) is 10.8 Å². The SMILES string of the molecule is CO[C@H]1/C=C\C=C(/C)C(=O)N(CC(=O)c2cccc3ccccc23)C2=CC(=O)C(N)=C(C[C@@H](C)C[C@H](OC)[C@H](O)[C@@H](C)/C=C(\C)[C@@H]1OC(N)=O)C2=O. The van der Waals surface area contributed by atoms with E-state index in [0.717, 1.165) is 16.4 Å². The molecular weight excluding hydrogens is 666 g/mol. The summed E-state index contributed by atoms with van der Waals surface area (Å²) in [5.41, 5.74) is 12.1. The zero-order valence-corrected chi connectivity index (χ0v) is 30.3. The second kappa shape index (κ2) is 17.4. The lowest BCUT2D eigenvalue weighted by atomic mass is 9.85. The van der Waals surface area contributed by atoms with Gasteiger partial charge in [0.15, 0.2) is 11.9 Å². The maximum absolute atomic E-state index is 14.2. The Kier molecular flexibility index (Phi) is 13.2. The number of hydrogen-bond donors (Lipinski definition) is 3. The second-order valence-electron chi connectivity index (χ2n) is 13.3. The van der Waals surface area contributed by atoms with Crippen LogP contribution in [0.2, 0.25) is 0 Å². The van der Waals surface area contributed by atoms with Gasteiger partial charge in [-0.3, -0.25) is 24.1 Å². The standard InChI is InChI=1S/C40H47N3O9/c1-22-17-29-35(41)31(44)20-30(37(29)47)43(21-32(45)28-15-10-13-26-12-7-8-14-27(26)28)39(48)23(2)11-9-16-33(50-5)38(52-40(42)49)25(4)19-24(3)36(46)34(18-22)51-6/h7-16,19-20,22,24,33-34,36,38,46H,17-18,21,41H2,1-6H3,(H2,42,49)/b16-9-,23-11+,25-19+/t22-,24+,33+,34+,36-,38+/m1/s1. The quantitative estimate of drug-likeness (QED) is 0.219. The Morgan fingerprint density at radius 2 is 1.69 bits per heavy atom. The third-order valence-corrected chi connectivity index (χ3v) is 9.48. The van der Waals surface area contributed by atoms with Crippen molar-refractivity contribution in [2.24, 2.45) is 23.3 Å². The van der Waals surface area contributed by atoms with Crippen LogP contribution in [0.1, 0.15) is 50.9 Å². The third-order valence-electron chi connectivity index (χ3n) is 9.48. The van der Waals surface area contributed by atoms with E-state index in [4.69, 9.17) is 25.7 Å². The molecular formula is C40H47N3O9. The molecule has 0 fully saturated rings. The molecule has 2 bridgehead atoms. The molecule has 0 saturated carbocycles. The molecule has 1 aliphatic heterocycles. The smallest absolute Gasteiger partial charge is 0.405 e. The van der Waals surface area contributed by atoms with Crippen LogP contribution in [0.5, 0.6) is 0 Å². The average molecular weight is 714 g/mol. The summed E-state index contributed by atoms with van der Waals surface area (Å²) in [6.45, 7) is 6.27. The molecule has 0 aromatic heterocycles. The van der Waals surface area contributed by atoms with Gasteiger partial charge in [-0.2, -0.15) is 0 Å². The first-order chi connectivity index (χ1) is 24.7. The number of primary amides is 1. The minimum atomic E-state index is -1.04. The summed E-state index contributed by atoms with van der Waals surface area (Å²) in [6.07, 6.45) is 2.92. The Morgan fingerprint density at radius 3 is 2.37 bits per heavy atom. The third kappa shape index (κ3) is 9.00. The molecule has 0 radical (unpaired) electrons. The van der Waals surface area contributed by atoms with E-state index in [9.17, 15) is 29.1 Å². The van der Waals surface area contributed by atoms with Crippen molar-refractivity contribution < 1.29 is 43.3 Å². The molecule has 12 heteroatoms. The monoisotopic (exact) mass is 713 g/mol. The molecule has 1 aliphatic carbocycles. The minimum absolute atomic E-state index is 0.00682. The molecule has 5 N–H and O–H groups in total. The molecule has 12 nitrogen and oxygen atoms in total. The van der Waals surface area contributed by atoms with Crippen molar-refractivity contribution in [3.63, 3.8) is 0 Å². The number of aliphatic hydroxyl groups excluding tert-OH is 1. The van der Waals surface area contributed by atoms with E-state index in [2.05, 4.69) is 0 Å². The molecule has 6 atom stereocenters. The summed E-state index contributed by atoms with van der Waals surface area (Å²) in [6, 6.07) is 12.5. The van der Waals surface area contributed by atoms with E-state index in [1.165, 1.54) is 33.3 Å². The summed E-state index contributed by atoms with van der Waals surface area (Å²) in [5.74, 6) is -3.31. The van der Waals surface area contributed by atoms with Crippen LogP contribution in [0.4, 0.5) is 4.79 Å². The molecule has 2 amide bonds. The fraction of sp³-hybridized carbons (Fsp3) is 0.375. The number of nitrogens with zero attached hydrogens (tertiary/aromatic N) is 1. The lowest BCUT2D eigenvalue weighted by Gasteiger charge is -2.30. The van der Waals surface area contributed by atoms with Crippen molar-refractivity contribution in [1.82, 2.24) is 4.90 Å². The van der Waals surface area contributed by atoms with Crippen molar-refractivity contribution in [1.29, 1.82) is 0 Å². The van der Waals surface area contributed by atoms with Gasteiger partial charge in [0.25, 0.3) is 5.91 Å². The predicted octanol–water partition coefficient (Wildman–Crippen LogP) is 4.47. The van der Waals surface area contributed by atoms with Gasteiger partial charge in [0, 0.05) is 42.9 Å². The number of ether oxygens (including phenoxy) is 3. The highest BCUT2D eigenvalue weighted by molar-refractivity contribution is 6.24. The van der Waals surface area contributed by atoms with Gasteiger partial charge in [-0.15, -0.1) is 0 Å². The van der Waals surface area contributed by atoms with E-state index >= 15 is 0 Å². The lowest BCUT2D eigenvalue weighted by molar-refractivity contribution is -0.128. The fourth-order valence-corrected chi connectivity index (χ4v) is 6.65. The molecule has 0 unspecified atom stereocenters. The van der Waals surface area contributed by atoms with Crippen molar-refractivity contribution in [2.75, 3.05) is 20.8 Å². The number of hydrogen-bond acceptors (Lipinski definition) is 10. The predicted molar refractivity (Wildman–Crippen MR) is 196 cm³/mol. The number of aliphatic hydroxyl groups is 1. The second-order valence-corrected chi connectivity index (χ2v) is 13.3. The van der Waals surface area contributed by atoms with Crippen molar-refractivity contribution in [3.05, 3.63) is 107 Å². The summed E-state index contributed by atoms with van der Waals surface area (Å²) >= 11 is 0. The zero-order valence-electron chi connectivity index (χ0n) is 30.3. The average Bonchev–Trinajstić information content (AvgIpc) is 3.12. The highest BCUT2D eigenvalue weighted by Crippen LogP contribution is 2.30. The topological polar surface area (TPSA) is 189 Å². The van der Waals surface area contributed by atoms with Crippen LogP contribution in [-0.4, -0.2) is 84.5 Å². The number of amides is 2. The Morgan fingerprint density at radius 1 is 1.00 bits per heavy atom. The van der Waals surface area contributed by atoms with Gasteiger partial charge in [-0.05, 0) is 49.0 Å². The highest BCUT2D eigenvalue weighted by atomic mass is 16.6. The van der Waals surface area contributed by atoms with Gasteiger partial charge in [0.2, 0.25) is 11.6 Å². The fourth-order valence-electron chi connectivity index (χ4n) is 6.65. The van der Waals surface area contributed by atoms with Gasteiger partial charge in [0.1, 0.15) is 6.10 Å².